The van der Waals surface area contributed by atoms with Crippen molar-refractivity contribution in [2.45, 2.75) is 18.2 Å². The van der Waals surface area contributed by atoms with E-state index < -0.39 is 10.0 Å². The normalized spacial score (nSPS) is 11.7. The molecule has 0 spiro atoms. The molecule has 0 heterocycles. The summed E-state index contributed by atoms with van der Waals surface area (Å²) in [6.45, 7) is 2.49. The van der Waals surface area contributed by atoms with Crippen LogP contribution in [0, 0.1) is 0 Å². The fourth-order valence-electron chi connectivity index (χ4n) is 1.44. The standard InChI is InChI=1S/C11H15BrN2O2S2/c1-2-14(8-7-11(13)17)18(15,16)10-5-3-9(12)4-6-10/h3-6H,2,7-8H2,1H3,(H2,13,17). The highest BCUT2D eigenvalue weighted by Gasteiger charge is 2.22. The van der Waals surface area contributed by atoms with Gasteiger partial charge in [0, 0.05) is 24.0 Å². The molecule has 0 bridgehead atoms. The van der Waals surface area contributed by atoms with Gasteiger partial charge in [0.25, 0.3) is 0 Å². The van der Waals surface area contributed by atoms with E-state index in [0.717, 1.165) is 4.47 Å². The van der Waals surface area contributed by atoms with Crippen LogP contribution in [0.5, 0.6) is 0 Å². The van der Waals surface area contributed by atoms with Crippen LogP contribution in [0.25, 0.3) is 0 Å². The second-order valence-electron chi connectivity index (χ2n) is 3.67. The first kappa shape index (κ1) is 15.6. The fourth-order valence-corrected chi connectivity index (χ4v) is 3.24. The first-order chi connectivity index (χ1) is 8.37. The average molecular weight is 351 g/mol. The Labute approximate surface area is 121 Å². The third-order valence-corrected chi connectivity index (χ3v) is 5.13. The van der Waals surface area contributed by atoms with E-state index in [4.69, 9.17) is 18.0 Å². The molecule has 0 aliphatic rings. The molecule has 0 amide bonds. The molecule has 1 aromatic carbocycles. The van der Waals surface area contributed by atoms with E-state index in [1.807, 2.05) is 0 Å². The lowest BCUT2D eigenvalue weighted by atomic mass is 10.4. The van der Waals surface area contributed by atoms with Crippen molar-refractivity contribution >= 4 is 43.2 Å². The zero-order valence-corrected chi connectivity index (χ0v) is 13.2. The Kier molecular flexibility index (Phi) is 5.71. The molecule has 0 aromatic heterocycles. The van der Waals surface area contributed by atoms with Crippen LogP contribution < -0.4 is 5.73 Å². The van der Waals surface area contributed by atoms with Gasteiger partial charge in [0.2, 0.25) is 10.0 Å². The lowest BCUT2D eigenvalue weighted by Gasteiger charge is -2.20. The molecule has 0 aliphatic heterocycles. The van der Waals surface area contributed by atoms with E-state index in [0.29, 0.717) is 24.5 Å². The topological polar surface area (TPSA) is 63.4 Å². The summed E-state index contributed by atoms with van der Waals surface area (Å²) in [7, 11) is -3.47. The van der Waals surface area contributed by atoms with Crippen molar-refractivity contribution in [1.82, 2.24) is 4.31 Å². The van der Waals surface area contributed by atoms with E-state index in [9.17, 15) is 8.42 Å². The van der Waals surface area contributed by atoms with E-state index in [2.05, 4.69) is 15.9 Å². The quantitative estimate of drug-likeness (QED) is 0.798. The summed E-state index contributed by atoms with van der Waals surface area (Å²) >= 11 is 8.04. The van der Waals surface area contributed by atoms with Gasteiger partial charge in [0.15, 0.2) is 0 Å². The van der Waals surface area contributed by atoms with E-state index in [1.165, 1.54) is 4.31 Å². The molecule has 100 valence electrons. The van der Waals surface area contributed by atoms with Crippen molar-refractivity contribution < 1.29 is 8.42 Å². The minimum Gasteiger partial charge on any atom is -0.393 e. The summed E-state index contributed by atoms with van der Waals surface area (Å²) < 4.78 is 26.8. The van der Waals surface area contributed by atoms with Gasteiger partial charge in [-0.05, 0) is 24.3 Å². The number of hydrogen-bond acceptors (Lipinski definition) is 3. The summed E-state index contributed by atoms with van der Waals surface area (Å²) in [4.78, 5) is 0.593. The molecule has 4 nitrogen and oxygen atoms in total. The van der Waals surface area contributed by atoms with Gasteiger partial charge in [-0.1, -0.05) is 35.1 Å². The zero-order chi connectivity index (χ0) is 13.8. The van der Waals surface area contributed by atoms with Gasteiger partial charge in [-0.25, -0.2) is 8.42 Å². The van der Waals surface area contributed by atoms with Crippen molar-refractivity contribution in [3.05, 3.63) is 28.7 Å². The Morgan fingerprint density at radius 2 is 1.94 bits per heavy atom. The van der Waals surface area contributed by atoms with Gasteiger partial charge < -0.3 is 5.73 Å². The van der Waals surface area contributed by atoms with Crippen LogP contribution >= 0.6 is 28.1 Å². The van der Waals surface area contributed by atoms with Gasteiger partial charge in [0.05, 0.1) is 9.88 Å². The molecule has 1 rings (SSSR count). The number of nitrogens with two attached hydrogens (primary N) is 1. The zero-order valence-electron chi connectivity index (χ0n) is 9.97. The largest absolute Gasteiger partial charge is 0.393 e. The van der Waals surface area contributed by atoms with Gasteiger partial charge >= 0.3 is 0 Å². The van der Waals surface area contributed by atoms with E-state index in [1.54, 1.807) is 31.2 Å². The third kappa shape index (κ3) is 4.01. The molecular weight excluding hydrogens is 336 g/mol. The highest BCUT2D eigenvalue weighted by Crippen LogP contribution is 2.18. The monoisotopic (exact) mass is 350 g/mol. The van der Waals surface area contributed by atoms with Crippen molar-refractivity contribution in [3.8, 4) is 0 Å². The lowest BCUT2D eigenvalue weighted by molar-refractivity contribution is 0.437. The maximum atomic E-state index is 12.3. The SMILES string of the molecule is CCN(CCC(N)=S)S(=O)(=O)c1ccc(Br)cc1. The molecule has 0 fully saturated rings. The van der Waals surface area contributed by atoms with Crippen LogP contribution in [0.4, 0.5) is 0 Å². The third-order valence-electron chi connectivity index (χ3n) is 2.41. The molecule has 18 heavy (non-hydrogen) atoms. The number of rotatable bonds is 6. The molecule has 7 heteroatoms. The van der Waals surface area contributed by atoms with Gasteiger partial charge in [0.1, 0.15) is 0 Å². The van der Waals surface area contributed by atoms with Crippen LogP contribution in [0.3, 0.4) is 0 Å². The summed E-state index contributed by atoms with van der Waals surface area (Å²) in [6.07, 6.45) is 0.388. The van der Waals surface area contributed by atoms with Crippen LogP contribution in [0.1, 0.15) is 13.3 Å². The maximum Gasteiger partial charge on any atom is 0.243 e. The van der Waals surface area contributed by atoms with Crippen molar-refractivity contribution in [2.75, 3.05) is 13.1 Å². The number of sulfonamides is 1. The Morgan fingerprint density at radius 1 is 1.39 bits per heavy atom. The number of halogens is 1. The maximum absolute atomic E-state index is 12.3. The van der Waals surface area contributed by atoms with Crippen LogP contribution in [0.2, 0.25) is 0 Å². The molecule has 0 radical (unpaired) electrons. The summed E-state index contributed by atoms with van der Waals surface area (Å²) in [6, 6.07) is 6.55. The molecule has 0 aliphatic carbocycles. The molecular formula is C11H15BrN2O2S2. The number of nitrogens with zero attached hydrogens (tertiary/aromatic N) is 1. The highest BCUT2D eigenvalue weighted by atomic mass is 79.9. The van der Waals surface area contributed by atoms with Crippen molar-refractivity contribution in [3.63, 3.8) is 0 Å². The van der Waals surface area contributed by atoms with Crippen LogP contribution in [0.15, 0.2) is 33.6 Å². The summed E-state index contributed by atoms with van der Waals surface area (Å²) in [5, 5.41) is 0. The van der Waals surface area contributed by atoms with E-state index in [-0.39, 0.29) is 4.90 Å². The number of hydrogen-bond donors (Lipinski definition) is 1. The fraction of sp³-hybridized carbons (Fsp3) is 0.364. The molecule has 0 unspecified atom stereocenters. The number of benzene rings is 1. The predicted octanol–water partition coefficient (Wildman–Crippen LogP) is 2.14. The first-order valence-corrected chi connectivity index (χ1v) is 8.06. The minimum atomic E-state index is -3.47. The summed E-state index contributed by atoms with van der Waals surface area (Å²) in [5.74, 6) is 0. The first-order valence-electron chi connectivity index (χ1n) is 5.42. The molecule has 0 saturated carbocycles. The Hall–Kier alpha value is -0.500. The Balaban J connectivity index is 2.95. The van der Waals surface area contributed by atoms with Crippen molar-refractivity contribution in [1.29, 1.82) is 0 Å². The highest BCUT2D eigenvalue weighted by molar-refractivity contribution is 9.10. The van der Waals surface area contributed by atoms with Crippen LogP contribution in [-0.2, 0) is 10.0 Å². The minimum absolute atomic E-state index is 0.274. The Morgan fingerprint density at radius 3 is 2.39 bits per heavy atom. The summed E-state index contributed by atoms with van der Waals surface area (Å²) in [5.41, 5.74) is 5.40. The number of thiocarbonyl (C=S) groups is 1. The molecule has 0 saturated heterocycles. The van der Waals surface area contributed by atoms with Gasteiger partial charge in [-0.2, -0.15) is 4.31 Å². The van der Waals surface area contributed by atoms with Gasteiger partial charge in [-0.15, -0.1) is 0 Å². The Bertz CT molecular complexity index is 514. The second-order valence-corrected chi connectivity index (χ2v) is 7.04. The van der Waals surface area contributed by atoms with Crippen LogP contribution in [-0.4, -0.2) is 30.8 Å². The molecule has 1 aromatic rings. The van der Waals surface area contributed by atoms with Gasteiger partial charge in [-0.3, -0.25) is 0 Å². The molecule has 0 atom stereocenters. The molecule has 2 N–H and O–H groups in total. The smallest absolute Gasteiger partial charge is 0.243 e. The van der Waals surface area contributed by atoms with E-state index >= 15 is 0 Å². The second kappa shape index (κ2) is 6.60. The lowest BCUT2D eigenvalue weighted by Crippen LogP contribution is -2.33. The van der Waals surface area contributed by atoms with Crippen molar-refractivity contribution in [2.24, 2.45) is 5.73 Å². The average Bonchev–Trinajstić information content (AvgIpc) is 2.29. The predicted molar refractivity (Wildman–Crippen MR) is 80.0 cm³/mol.